The van der Waals surface area contributed by atoms with E-state index in [9.17, 15) is 14.9 Å². The molecular weight excluding hydrogens is 322 g/mol. The lowest BCUT2D eigenvalue weighted by Gasteiger charge is -2.36. The van der Waals surface area contributed by atoms with Gasteiger partial charge in [0, 0.05) is 43.7 Å². The van der Waals surface area contributed by atoms with E-state index in [0.717, 1.165) is 29.8 Å². The van der Waals surface area contributed by atoms with Crippen LogP contribution in [0.15, 0.2) is 30.3 Å². The first-order valence-corrected chi connectivity index (χ1v) is 8.17. The van der Waals surface area contributed by atoms with Gasteiger partial charge in [0.05, 0.1) is 17.0 Å². The zero-order valence-corrected chi connectivity index (χ0v) is 14.4. The molecule has 0 radical (unpaired) electrons. The summed E-state index contributed by atoms with van der Waals surface area (Å²) < 4.78 is 0. The van der Waals surface area contributed by atoms with E-state index in [1.54, 1.807) is 6.07 Å². The number of aromatic nitrogens is 1. The quantitative estimate of drug-likeness (QED) is 0.616. The van der Waals surface area contributed by atoms with Crippen molar-refractivity contribution in [3.8, 4) is 0 Å². The standard InChI is InChI=1S/C17H21N5O3/c1-19(2)12-17(23)21-9-7-20(8-10-21)16-6-3-13-11-14(22(24)25)4-5-15(13)18-16/h3-6,11H,7-10,12H2,1-2H3. The Kier molecular flexibility index (Phi) is 4.80. The predicted molar refractivity (Wildman–Crippen MR) is 95.7 cm³/mol. The molecule has 1 amide bonds. The van der Waals surface area contributed by atoms with Gasteiger partial charge in [0.2, 0.25) is 5.91 Å². The minimum Gasteiger partial charge on any atom is -0.353 e. The van der Waals surface area contributed by atoms with Crippen molar-refractivity contribution in [1.82, 2.24) is 14.8 Å². The number of hydrogen-bond donors (Lipinski definition) is 0. The summed E-state index contributed by atoms with van der Waals surface area (Å²) in [6.07, 6.45) is 0. The van der Waals surface area contributed by atoms with Gasteiger partial charge in [-0.1, -0.05) is 0 Å². The number of hydrogen-bond acceptors (Lipinski definition) is 6. The van der Waals surface area contributed by atoms with Gasteiger partial charge in [-0.3, -0.25) is 14.9 Å². The number of benzene rings is 1. The highest BCUT2D eigenvalue weighted by Crippen LogP contribution is 2.23. The first-order valence-electron chi connectivity index (χ1n) is 8.17. The van der Waals surface area contributed by atoms with Crippen LogP contribution < -0.4 is 4.90 Å². The second-order valence-electron chi connectivity index (χ2n) is 6.41. The number of nitrogens with zero attached hydrogens (tertiary/aromatic N) is 5. The average molecular weight is 343 g/mol. The lowest BCUT2D eigenvalue weighted by molar-refractivity contribution is -0.384. The number of amides is 1. The smallest absolute Gasteiger partial charge is 0.270 e. The molecule has 8 nitrogen and oxygen atoms in total. The third-order valence-corrected chi connectivity index (χ3v) is 4.28. The Hall–Kier alpha value is -2.74. The number of pyridine rings is 1. The van der Waals surface area contributed by atoms with Crippen LogP contribution in [-0.4, -0.2) is 72.4 Å². The fraction of sp³-hybridized carbons (Fsp3) is 0.412. The maximum Gasteiger partial charge on any atom is 0.270 e. The zero-order valence-electron chi connectivity index (χ0n) is 14.4. The van der Waals surface area contributed by atoms with Gasteiger partial charge in [-0.25, -0.2) is 4.98 Å². The van der Waals surface area contributed by atoms with Gasteiger partial charge >= 0.3 is 0 Å². The Morgan fingerprint density at radius 3 is 2.56 bits per heavy atom. The summed E-state index contributed by atoms with van der Waals surface area (Å²) in [6, 6.07) is 8.41. The van der Waals surface area contributed by atoms with Gasteiger partial charge in [0.1, 0.15) is 5.82 Å². The number of rotatable bonds is 4. The maximum atomic E-state index is 12.1. The van der Waals surface area contributed by atoms with Crippen molar-refractivity contribution in [3.05, 3.63) is 40.4 Å². The minimum atomic E-state index is -0.405. The predicted octanol–water partition coefficient (Wildman–Crippen LogP) is 1.35. The lowest BCUT2D eigenvalue weighted by Crippen LogP contribution is -2.50. The van der Waals surface area contributed by atoms with Gasteiger partial charge < -0.3 is 14.7 Å². The highest BCUT2D eigenvalue weighted by Gasteiger charge is 2.22. The molecule has 1 saturated heterocycles. The zero-order chi connectivity index (χ0) is 18.0. The van der Waals surface area contributed by atoms with Crippen LogP contribution in [0.4, 0.5) is 11.5 Å². The Labute approximate surface area is 145 Å². The molecule has 8 heteroatoms. The van der Waals surface area contributed by atoms with Gasteiger partial charge in [-0.05, 0) is 32.3 Å². The van der Waals surface area contributed by atoms with Crippen LogP contribution in [0, 0.1) is 10.1 Å². The van der Waals surface area contributed by atoms with Gasteiger partial charge in [0.15, 0.2) is 0 Å². The third kappa shape index (κ3) is 3.85. The molecule has 0 N–H and O–H groups in total. The van der Waals surface area contributed by atoms with Crippen molar-refractivity contribution < 1.29 is 9.72 Å². The molecule has 0 aliphatic carbocycles. The third-order valence-electron chi connectivity index (χ3n) is 4.28. The van der Waals surface area contributed by atoms with Crippen molar-refractivity contribution in [1.29, 1.82) is 0 Å². The number of carbonyl (C=O) groups is 1. The summed E-state index contributed by atoms with van der Waals surface area (Å²) in [6.45, 7) is 3.22. The first kappa shape index (κ1) is 17.1. The van der Waals surface area contributed by atoms with E-state index in [1.165, 1.54) is 12.1 Å². The van der Waals surface area contributed by atoms with Crippen LogP contribution in [0.5, 0.6) is 0 Å². The number of nitro benzene ring substituents is 1. The van der Waals surface area contributed by atoms with E-state index in [0.29, 0.717) is 19.6 Å². The fourth-order valence-corrected chi connectivity index (χ4v) is 2.95. The van der Waals surface area contributed by atoms with Crippen molar-refractivity contribution in [2.75, 3.05) is 51.7 Å². The molecule has 0 atom stereocenters. The van der Waals surface area contributed by atoms with Gasteiger partial charge in [-0.15, -0.1) is 0 Å². The van der Waals surface area contributed by atoms with Crippen LogP contribution in [0.2, 0.25) is 0 Å². The Morgan fingerprint density at radius 1 is 1.20 bits per heavy atom. The van der Waals surface area contributed by atoms with E-state index in [2.05, 4.69) is 9.88 Å². The van der Waals surface area contributed by atoms with E-state index in [-0.39, 0.29) is 11.6 Å². The summed E-state index contributed by atoms with van der Waals surface area (Å²) in [7, 11) is 3.77. The van der Waals surface area contributed by atoms with Crippen LogP contribution >= 0.6 is 0 Å². The molecular formula is C17H21N5O3. The number of carbonyl (C=O) groups excluding carboxylic acids is 1. The van der Waals surface area contributed by atoms with Crippen LogP contribution in [0.25, 0.3) is 10.9 Å². The molecule has 25 heavy (non-hydrogen) atoms. The van der Waals surface area contributed by atoms with Crippen LogP contribution in [0.1, 0.15) is 0 Å². The van der Waals surface area contributed by atoms with E-state index < -0.39 is 4.92 Å². The number of anilines is 1. The molecule has 2 aromatic rings. The summed E-state index contributed by atoms with van der Waals surface area (Å²) in [4.78, 5) is 33.1. The normalized spacial score (nSPS) is 15.0. The number of fused-ring (bicyclic) bond motifs is 1. The number of piperazine rings is 1. The Morgan fingerprint density at radius 2 is 1.92 bits per heavy atom. The van der Waals surface area contributed by atoms with Crippen LogP contribution in [0.3, 0.4) is 0 Å². The molecule has 2 heterocycles. The van der Waals surface area contributed by atoms with Gasteiger partial charge in [0.25, 0.3) is 5.69 Å². The summed E-state index contributed by atoms with van der Waals surface area (Å²) in [5.41, 5.74) is 0.796. The second kappa shape index (κ2) is 7.02. The minimum absolute atomic E-state index is 0.0649. The molecule has 0 spiro atoms. The van der Waals surface area contributed by atoms with E-state index in [1.807, 2.05) is 36.0 Å². The molecule has 1 aliphatic rings. The summed E-state index contributed by atoms with van der Waals surface area (Å²) in [5.74, 6) is 0.976. The van der Waals surface area contributed by atoms with Crippen molar-refractivity contribution in [2.45, 2.75) is 0 Å². The first-order chi connectivity index (χ1) is 11.9. The van der Waals surface area contributed by atoms with Crippen LogP contribution in [-0.2, 0) is 4.79 Å². The highest BCUT2D eigenvalue weighted by molar-refractivity contribution is 5.83. The summed E-state index contributed by atoms with van der Waals surface area (Å²) in [5, 5.41) is 11.6. The monoisotopic (exact) mass is 343 g/mol. The van der Waals surface area contributed by atoms with Crippen molar-refractivity contribution >= 4 is 28.3 Å². The van der Waals surface area contributed by atoms with E-state index >= 15 is 0 Å². The lowest BCUT2D eigenvalue weighted by atomic mass is 10.2. The molecule has 0 unspecified atom stereocenters. The number of nitro groups is 1. The van der Waals surface area contributed by atoms with Crippen molar-refractivity contribution in [2.24, 2.45) is 0 Å². The van der Waals surface area contributed by atoms with Gasteiger partial charge in [-0.2, -0.15) is 0 Å². The topological polar surface area (TPSA) is 82.8 Å². The second-order valence-corrected chi connectivity index (χ2v) is 6.41. The molecule has 0 bridgehead atoms. The molecule has 1 aromatic carbocycles. The molecule has 1 aromatic heterocycles. The molecule has 132 valence electrons. The Bertz CT molecular complexity index is 800. The highest BCUT2D eigenvalue weighted by atomic mass is 16.6. The average Bonchev–Trinajstić information content (AvgIpc) is 2.60. The molecule has 1 fully saturated rings. The number of likely N-dealkylation sites (N-methyl/N-ethyl adjacent to an activating group) is 1. The molecule has 1 aliphatic heterocycles. The van der Waals surface area contributed by atoms with E-state index in [4.69, 9.17) is 0 Å². The van der Waals surface area contributed by atoms with Crippen molar-refractivity contribution in [3.63, 3.8) is 0 Å². The SMILES string of the molecule is CN(C)CC(=O)N1CCN(c2ccc3cc([N+](=O)[O-])ccc3n2)CC1. The molecule has 3 rings (SSSR count). The summed E-state index contributed by atoms with van der Waals surface area (Å²) >= 11 is 0. The Balaban J connectivity index is 1.70. The molecule has 0 saturated carbocycles. The fourth-order valence-electron chi connectivity index (χ4n) is 2.95. The maximum absolute atomic E-state index is 12.1. The number of non-ortho nitro benzene ring substituents is 1. The largest absolute Gasteiger partial charge is 0.353 e.